The van der Waals surface area contributed by atoms with Gasteiger partial charge in [0.1, 0.15) is 19.3 Å². The Balaban J connectivity index is 5.19. The van der Waals surface area contributed by atoms with E-state index in [-0.39, 0.29) is 25.7 Å². The monoisotopic (exact) mass is 1510 g/mol. The minimum atomic E-state index is -4.96. The maximum absolute atomic E-state index is 13.1. The van der Waals surface area contributed by atoms with E-state index in [2.05, 4.69) is 55.4 Å². The van der Waals surface area contributed by atoms with E-state index in [1.54, 1.807) is 0 Å². The minimum absolute atomic E-state index is 0.106. The molecule has 0 aromatic carbocycles. The highest BCUT2D eigenvalue weighted by Crippen LogP contribution is 2.45. The van der Waals surface area contributed by atoms with Gasteiger partial charge in [0.25, 0.3) is 0 Å². The molecule has 19 heteroatoms. The molecule has 0 heterocycles. The summed E-state index contributed by atoms with van der Waals surface area (Å²) >= 11 is 0. The molecule has 103 heavy (non-hydrogen) atoms. The summed E-state index contributed by atoms with van der Waals surface area (Å²) in [7, 11) is -9.92. The summed E-state index contributed by atoms with van der Waals surface area (Å²) in [5.41, 5.74) is 0. The number of phosphoric ester groups is 2. The minimum Gasteiger partial charge on any atom is -0.462 e. The van der Waals surface area contributed by atoms with Crippen molar-refractivity contribution in [2.24, 2.45) is 23.7 Å². The van der Waals surface area contributed by atoms with Crippen LogP contribution in [-0.4, -0.2) is 96.7 Å². The Morgan fingerprint density at radius 2 is 0.466 bits per heavy atom. The summed E-state index contributed by atoms with van der Waals surface area (Å²) in [4.78, 5) is 73.1. The predicted molar refractivity (Wildman–Crippen MR) is 423 cm³/mol. The third-order valence-corrected chi connectivity index (χ3v) is 21.8. The molecule has 0 aromatic rings. The van der Waals surface area contributed by atoms with Gasteiger partial charge in [0.15, 0.2) is 12.2 Å². The SMILES string of the molecule is CCC(C)CCCCCCCCCCCCCCCCC(=O)O[C@H](COC(=O)CCCCCCCCC(C)C)COP(=O)(O)OC[C@H](O)COP(=O)(O)OC[C@@H](COC(=O)CCCCCCCCCCCCCCCCCCCCC(C)C)OC(=O)CCCCCCCCCCCCCCC(C)C. The Hall–Kier alpha value is -1.94. The van der Waals surface area contributed by atoms with Gasteiger partial charge in [-0.25, -0.2) is 9.13 Å². The summed E-state index contributed by atoms with van der Waals surface area (Å²) in [5.74, 6) is 1.01. The molecule has 0 aliphatic rings. The highest BCUT2D eigenvalue weighted by atomic mass is 31.2. The lowest BCUT2D eigenvalue weighted by Crippen LogP contribution is -2.30. The average molecular weight is 1510 g/mol. The predicted octanol–water partition coefficient (Wildman–Crippen LogP) is 25.2. The fraction of sp³-hybridized carbons (Fsp3) is 0.952. The molecule has 0 bridgehead atoms. The second kappa shape index (κ2) is 72.9. The number of unbranched alkanes of at least 4 members (excludes halogenated alkanes) is 46. The van der Waals surface area contributed by atoms with Crippen LogP contribution in [-0.2, 0) is 65.4 Å². The van der Waals surface area contributed by atoms with Crippen molar-refractivity contribution in [3.8, 4) is 0 Å². The molecule has 3 unspecified atom stereocenters. The van der Waals surface area contributed by atoms with Crippen LogP contribution in [0.5, 0.6) is 0 Å². The Bertz CT molecular complexity index is 2010. The van der Waals surface area contributed by atoms with Gasteiger partial charge in [0.2, 0.25) is 0 Å². The first-order valence-electron chi connectivity index (χ1n) is 43.2. The maximum Gasteiger partial charge on any atom is 0.472 e. The molecular weight excluding hydrogens is 1340 g/mol. The quantitative estimate of drug-likeness (QED) is 0.0222. The number of hydrogen-bond donors (Lipinski definition) is 3. The van der Waals surface area contributed by atoms with Crippen molar-refractivity contribution in [1.29, 1.82) is 0 Å². The number of carbonyl (C=O) groups excluding carboxylic acids is 4. The molecule has 0 spiro atoms. The van der Waals surface area contributed by atoms with Crippen molar-refractivity contribution in [3.05, 3.63) is 0 Å². The second-order valence-corrected chi connectivity index (χ2v) is 34.8. The highest BCUT2D eigenvalue weighted by Gasteiger charge is 2.30. The summed E-state index contributed by atoms with van der Waals surface area (Å²) in [6, 6.07) is 0. The maximum atomic E-state index is 13.1. The van der Waals surface area contributed by atoms with Crippen molar-refractivity contribution >= 4 is 39.5 Å². The highest BCUT2D eigenvalue weighted by molar-refractivity contribution is 7.47. The van der Waals surface area contributed by atoms with Crippen molar-refractivity contribution in [3.63, 3.8) is 0 Å². The Morgan fingerprint density at radius 1 is 0.272 bits per heavy atom. The van der Waals surface area contributed by atoms with Gasteiger partial charge in [0, 0.05) is 25.7 Å². The molecule has 0 saturated carbocycles. The van der Waals surface area contributed by atoms with Gasteiger partial charge in [-0.3, -0.25) is 37.3 Å². The third kappa shape index (κ3) is 76.6. The van der Waals surface area contributed by atoms with Gasteiger partial charge in [0.05, 0.1) is 26.4 Å². The van der Waals surface area contributed by atoms with Gasteiger partial charge in [-0.2, -0.15) is 0 Å². The Kier molecular flexibility index (Phi) is 71.5. The Labute approximate surface area is 632 Å². The molecule has 612 valence electrons. The van der Waals surface area contributed by atoms with E-state index in [1.165, 1.54) is 231 Å². The lowest BCUT2D eigenvalue weighted by molar-refractivity contribution is -0.161. The van der Waals surface area contributed by atoms with Crippen LogP contribution in [0.25, 0.3) is 0 Å². The molecule has 0 aromatic heterocycles. The number of carbonyl (C=O) groups is 4. The molecule has 6 atom stereocenters. The van der Waals surface area contributed by atoms with Gasteiger partial charge in [-0.1, -0.05) is 383 Å². The molecule has 0 amide bonds. The van der Waals surface area contributed by atoms with E-state index in [9.17, 15) is 43.2 Å². The number of aliphatic hydroxyl groups is 1. The second-order valence-electron chi connectivity index (χ2n) is 31.9. The van der Waals surface area contributed by atoms with Crippen molar-refractivity contribution in [1.82, 2.24) is 0 Å². The summed E-state index contributed by atoms with van der Waals surface area (Å²) < 4.78 is 68.8. The van der Waals surface area contributed by atoms with Crippen LogP contribution < -0.4 is 0 Å². The number of aliphatic hydroxyl groups excluding tert-OH is 1. The lowest BCUT2D eigenvalue weighted by atomic mass is 9.99. The molecule has 3 N–H and O–H groups in total. The van der Waals surface area contributed by atoms with Crippen LogP contribution in [0.4, 0.5) is 0 Å². The van der Waals surface area contributed by atoms with E-state index < -0.39 is 97.5 Å². The molecule has 0 aliphatic heterocycles. The molecule has 17 nitrogen and oxygen atoms in total. The number of ether oxygens (including phenoxy) is 4. The standard InChI is InChI=1S/C84H164O17P2/c1-9-77(8)63-55-47-38-32-26-19-16-17-21-28-34-40-50-58-66-84(89)101-80(71-95-82(87)65-57-49-43-42-46-54-62-76(6)7)73-99-103(92,93)97-69-78(85)68-96-102(90,91)98-72-79(100-83(88)67-59-51-41-35-29-23-22-25-31-37-45-53-61-75(4)5)70-94-81(86)64-56-48-39-33-27-20-15-13-11-10-12-14-18-24-30-36-44-52-60-74(2)3/h74-80,85H,9-73H2,1-8H3,(H,90,91)(H,92,93)/t77?,78-,79-,80-/m1/s1. The van der Waals surface area contributed by atoms with Crippen molar-refractivity contribution < 1.29 is 80.2 Å². The van der Waals surface area contributed by atoms with Gasteiger partial charge >= 0.3 is 39.5 Å². The van der Waals surface area contributed by atoms with Gasteiger partial charge in [-0.05, 0) is 49.4 Å². The summed E-state index contributed by atoms with van der Waals surface area (Å²) in [6.07, 6.45) is 61.2. The molecule has 0 rings (SSSR count). The number of phosphoric acid groups is 2. The fourth-order valence-electron chi connectivity index (χ4n) is 12.9. The van der Waals surface area contributed by atoms with E-state index in [0.717, 1.165) is 114 Å². The molecule has 0 saturated heterocycles. The summed E-state index contributed by atoms with van der Waals surface area (Å²) in [6.45, 7) is 14.3. The van der Waals surface area contributed by atoms with Gasteiger partial charge in [-0.15, -0.1) is 0 Å². The molecule has 0 fully saturated rings. The largest absolute Gasteiger partial charge is 0.472 e. The van der Waals surface area contributed by atoms with E-state index in [1.807, 2.05) is 0 Å². The molecule has 0 aliphatic carbocycles. The number of hydrogen-bond acceptors (Lipinski definition) is 15. The first-order chi connectivity index (χ1) is 49.6. The summed E-state index contributed by atoms with van der Waals surface area (Å²) in [5, 5.41) is 10.7. The van der Waals surface area contributed by atoms with Crippen LogP contribution in [0.3, 0.4) is 0 Å². The lowest BCUT2D eigenvalue weighted by Gasteiger charge is -2.21. The first-order valence-corrected chi connectivity index (χ1v) is 46.2. The zero-order chi connectivity index (χ0) is 76.0. The zero-order valence-electron chi connectivity index (χ0n) is 68.0. The average Bonchev–Trinajstić information content (AvgIpc) is 0.956. The van der Waals surface area contributed by atoms with E-state index >= 15 is 0 Å². The smallest absolute Gasteiger partial charge is 0.462 e. The van der Waals surface area contributed by atoms with Crippen LogP contribution in [0.15, 0.2) is 0 Å². The number of rotatable bonds is 81. The van der Waals surface area contributed by atoms with Crippen LogP contribution in [0, 0.1) is 23.7 Å². The van der Waals surface area contributed by atoms with Crippen molar-refractivity contribution in [2.75, 3.05) is 39.6 Å². The van der Waals surface area contributed by atoms with Crippen LogP contribution >= 0.6 is 15.6 Å². The third-order valence-electron chi connectivity index (χ3n) is 19.9. The van der Waals surface area contributed by atoms with E-state index in [4.69, 9.17) is 37.0 Å². The zero-order valence-corrected chi connectivity index (χ0v) is 69.7. The Morgan fingerprint density at radius 3 is 0.689 bits per heavy atom. The van der Waals surface area contributed by atoms with Gasteiger partial charge < -0.3 is 33.8 Å². The topological polar surface area (TPSA) is 237 Å². The normalized spacial score (nSPS) is 14.2. The van der Waals surface area contributed by atoms with E-state index in [0.29, 0.717) is 31.6 Å². The fourth-order valence-corrected chi connectivity index (χ4v) is 14.5. The van der Waals surface area contributed by atoms with Crippen LogP contribution in [0.1, 0.15) is 434 Å². The molecule has 0 radical (unpaired) electrons. The first kappa shape index (κ1) is 101. The molecular formula is C84H164O17P2. The number of esters is 4. The van der Waals surface area contributed by atoms with Crippen molar-refractivity contribution in [2.45, 2.75) is 453 Å². The van der Waals surface area contributed by atoms with Crippen LogP contribution in [0.2, 0.25) is 0 Å².